The van der Waals surface area contributed by atoms with E-state index >= 15 is 0 Å². The molecule has 1 aliphatic heterocycles. The molecule has 1 fully saturated rings. The Morgan fingerprint density at radius 1 is 1.50 bits per heavy atom. The smallest absolute Gasteiger partial charge is 0.242 e. The Bertz CT molecular complexity index is 271. The first-order valence-corrected chi connectivity index (χ1v) is 4.80. The number of piperazine rings is 1. The Labute approximate surface area is 74.8 Å². The molecule has 2 heterocycles. The summed E-state index contributed by atoms with van der Waals surface area (Å²) in [4.78, 5) is 12.4. The van der Waals surface area contributed by atoms with Gasteiger partial charge in [-0.1, -0.05) is 6.07 Å². The minimum atomic E-state index is -0.126. The summed E-state index contributed by atoms with van der Waals surface area (Å²) in [5, 5.41) is 7.98. The van der Waals surface area contributed by atoms with Gasteiger partial charge in [0.2, 0.25) is 5.91 Å². The van der Waals surface area contributed by atoms with Gasteiger partial charge in [0.05, 0.1) is 0 Å². The summed E-state index contributed by atoms with van der Waals surface area (Å²) in [7, 11) is 0. The highest BCUT2D eigenvalue weighted by atomic mass is 32.1. The molecule has 0 aliphatic carbocycles. The maximum atomic E-state index is 11.3. The van der Waals surface area contributed by atoms with Gasteiger partial charge in [-0.3, -0.25) is 10.1 Å². The molecule has 1 amide bonds. The van der Waals surface area contributed by atoms with Crippen LogP contribution in [-0.4, -0.2) is 19.0 Å². The summed E-state index contributed by atoms with van der Waals surface area (Å²) in [5.74, 6) is 0.0868. The van der Waals surface area contributed by atoms with Crippen LogP contribution in [0.2, 0.25) is 0 Å². The van der Waals surface area contributed by atoms with Crippen molar-refractivity contribution >= 4 is 17.2 Å². The maximum Gasteiger partial charge on any atom is 0.242 e. The van der Waals surface area contributed by atoms with Gasteiger partial charge in [0.1, 0.15) is 6.04 Å². The van der Waals surface area contributed by atoms with Crippen LogP contribution in [0.4, 0.5) is 0 Å². The number of hydrogen-bond donors (Lipinski definition) is 2. The fraction of sp³-hybridized carbons (Fsp3) is 0.375. The van der Waals surface area contributed by atoms with E-state index in [-0.39, 0.29) is 11.9 Å². The fourth-order valence-corrected chi connectivity index (χ4v) is 2.08. The predicted octanol–water partition coefficient (Wildman–Crippen LogP) is 0.509. The van der Waals surface area contributed by atoms with E-state index in [9.17, 15) is 4.79 Å². The lowest BCUT2D eigenvalue weighted by Crippen LogP contribution is -2.46. The summed E-state index contributed by atoms with van der Waals surface area (Å²) < 4.78 is 0. The average Bonchev–Trinajstić information content (AvgIpc) is 2.57. The number of thiophene rings is 1. The third-order valence-corrected chi connectivity index (χ3v) is 2.80. The molecule has 1 saturated heterocycles. The average molecular weight is 182 g/mol. The van der Waals surface area contributed by atoms with E-state index in [1.807, 2.05) is 17.5 Å². The van der Waals surface area contributed by atoms with Gasteiger partial charge < -0.3 is 5.32 Å². The molecule has 1 aromatic heterocycles. The van der Waals surface area contributed by atoms with Crippen LogP contribution in [0.5, 0.6) is 0 Å². The number of carbonyl (C=O) groups excluding carboxylic acids is 1. The van der Waals surface area contributed by atoms with Gasteiger partial charge in [-0.25, -0.2) is 0 Å². The predicted molar refractivity (Wildman–Crippen MR) is 48.1 cm³/mol. The number of rotatable bonds is 1. The zero-order chi connectivity index (χ0) is 8.39. The minimum Gasteiger partial charge on any atom is -0.353 e. The van der Waals surface area contributed by atoms with E-state index in [2.05, 4.69) is 10.6 Å². The number of carbonyl (C=O) groups is 1. The van der Waals surface area contributed by atoms with Crippen LogP contribution < -0.4 is 10.6 Å². The van der Waals surface area contributed by atoms with Crippen LogP contribution >= 0.6 is 11.3 Å². The van der Waals surface area contributed by atoms with Crippen LogP contribution in [0.1, 0.15) is 10.9 Å². The van der Waals surface area contributed by atoms with E-state index in [4.69, 9.17) is 0 Å². The Hall–Kier alpha value is -0.870. The third-order valence-electron chi connectivity index (χ3n) is 1.86. The molecule has 3 nitrogen and oxygen atoms in total. The molecule has 2 rings (SSSR count). The third kappa shape index (κ3) is 1.35. The lowest BCUT2D eigenvalue weighted by Gasteiger charge is -2.22. The SMILES string of the molecule is O=C1NCCN[C@@H]1c1cccs1. The standard InChI is InChI=1S/C8H10N2OS/c11-8-7(9-3-4-10-8)6-2-1-5-12-6/h1-2,5,7,9H,3-4H2,(H,10,11)/t7-/m1/s1. The molecule has 4 heteroatoms. The zero-order valence-corrected chi connectivity index (χ0v) is 7.36. The van der Waals surface area contributed by atoms with Crippen LogP contribution in [0.25, 0.3) is 0 Å². The van der Waals surface area contributed by atoms with Crippen LogP contribution in [0, 0.1) is 0 Å². The highest BCUT2D eigenvalue weighted by Crippen LogP contribution is 2.19. The summed E-state index contributed by atoms with van der Waals surface area (Å²) in [6.45, 7) is 1.59. The largest absolute Gasteiger partial charge is 0.353 e. The maximum absolute atomic E-state index is 11.3. The summed E-state index contributed by atoms with van der Waals surface area (Å²) in [6, 6.07) is 3.82. The molecule has 0 saturated carbocycles. The number of hydrogen-bond acceptors (Lipinski definition) is 3. The Kier molecular flexibility index (Phi) is 2.10. The molecule has 1 aromatic rings. The molecular weight excluding hydrogens is 172 g/mol. The second-order valence-electron chi connectivity index (χ2n) is 2.69. The quantitative estimate of drug-likeness (QED) is 0.664. The van der Waals surface area contributed by atoms with Crippen molar-refractivity contribution in [2.75, 3.05) is 13.1 Å². The molecular formula is C8H10N2OS. The van der Waals surface area contributed by atoms with Crippen LogP contribution in [0.3, 0.4) is 0 Å². The van der Waals surface area contributed by atoms with Crippen molar-refractivity contribution in [3.63, 3.8) is 0 Å². The van der Waals surface area contributed by atoms with E-state index in [1.165, 1.54) is 0 Å². The van der Waals surface area contributed by atoms with Crippen molar-refractivity contribution in [1.29, 1.82) is 0 Å². The summed E-state index contributed by atoms with van der Waals surface area (Å²) in [5.41, 5.74) is 0. The lowest BCUT2D eigenvalue weighted by atomic mass is 10.2. The summed E-state index contributed by atoms with van der Waals surface area (Å²) >= 11 is 1.61. The van der Waals surface area contributed by atoms with Gasteiger partial charge in [-0.05, 0) is 11.4 Å². The van der Waals surface area contributed by atoms with Gasteiger partial charge >= 0.3 is 0 Å². The van der Waals surface area contributed by atoms with E-state index < -0.39 is 0 Å². The highest BCUT2D eigenvalue weighted by Gasteiger charge is 2.23. The first-order chi connectivity index (χ1) is 5.88. The summed E-state index contributed by atoms with van der Waals surface area (Å²) in [6.07, 6.45) is 0. The fourth-order valence-electron chi connectivity index (χ4n) is 1.28. The minimum absolute atomic E-state index is 0.0868. The molecule has 1 atom stereocenters. The Morgan fingerprint density at radius 3 is 3.08 bits per heavy atom. The first-order valence-electron chi connectivity index (χ1n) is 3.92. The molecule has 0 bridgehead atoms. The van der Waals surface area contributed by atoms with Crippen molar-refractivity contribution in [2.24, 2.45) is 0 Å². The molecule has 0 unspecified atom stereocenters. The topological polar surface area (TPSA) is 41.1 Å². The zero-order valence-electron chi connectivity index (χ0n) is 6.54. The van der Waals surface area contributed by atoms with Crippen molar-refractivity contribution in [2.45, 2.75) is 6.04 Å². The first kappa shape index (κ1) is 7.76. The molecule has 0 aromatic carbocycles. The molecule has 12 heavy (non-hydrogen) atoms. The Balaban J connectivity index is 2.17. The van der Waals surface area contributed by atoms with Gasteiger partial charge in [-0.15, -0.1) is 11.3 Å². The van der Waals surface area contributed by atoms with E-state index in [0.717, 1.165) is 18.0 Å². The molecule has 2 N–H and O–H groups in total. The van der Waals surface area contributed by atoms with Crippen molar-refractivity contribution < 1.29 is 4.79 Å². The molecule has 64 valence electrons. The van der Waals surface area contributed by atoms with Crippen molar-refractivity contribution in [3.05, 3.63) is 22.4 Å². The van der Waals surface area contributed by atoms with Crippen LogP contribution in [-0.2, 0) is 4.79 Å². The van der Waals surface area contributed by atoms with Crippen molar-refractivity contribution in [3.8, 4) is 0 Å². The number of amides is 1. The second kappa shape index (κ2) is 3.25. The van der Waals surface area contributed by atoms with E-state index in [0.29, 0.717) is 0 Å². The van der Waals surface area contributed by atoms with Gasteiger partial charge in [-0.2, -0.15) is 0 Å². The lowest BCUT2D eigenvalue weighted by molar-refractivity contribution is -0.124. The molecule has 1 aliphatic rings. The second-order valence-corrected chi connectivity index (χ2v) is 3.67. The van der Waals surface area contributed by atoms with Crippen LogP contribution in [0.15, 0.2) is 17.5 Å². The Morgan fingerprint density at radius 2 is 2.42 bits per heavy atom. The molecule has 0 spiro atoms. The normalized spacial score (nSPS) is 23.7. The van der Waals surface area contributed by atoms with Gasteiger partial charge in [0.25, 0.3) is 0 Å². The number of nitrogens with one attached hydrogen (secondary N) is 2. The molecule has 0 radical (unpaired) electrons. The van der Waals surface area contributed by atoms with Gasteiger partial charge in [0, 0.05) is 18.0 Å². The van der Waals surface area contributed by atoms with E-state index in [1.54, 1.807) is 11.3 Å². The highest BCUT2D eigenvalue weighted by molar-refractivity contribution is 7.10. The monoisotopic (exact) mass is 182 g/mol. The van der Waals surface area contributed by atoms with Crippen molar-refractivity contribution in [1.82, 2.24) is 10.6 Å². The van der Waals surface area contributed by atoms with Gasteiger partial charge in [0.15, 0.2) is 0 Å².